The van der Waals surface area contributed by atoms with Crippen LogP contribution in [0.2, 0.25) is 5.02 Å². The van der Waals surface area contributed by atoms with Crippen LogP contribution in [0.4, 0.5) is 24.7 Å². The maximum absolute atomic E-state index is 12.6. The number of aromatic nitrogens is 1. The van der Waals surface area contributed by atoms with Crippen LogP contribution < -0.4 is 20.3 Å². The van der Waals surface area contributed by atoms with Gasteiger partial charge in [0.05, 0.1) is 23.6 Å². The fourth-order valence-electron chi connectivity index (χ4n) is 3.13. The summed E-state index contributed by atoms with van der Waals surface area (Å²) in [5.74, 6) is -0.172. The fraction of sp³-hybridized carbons (Fsp3) is 0.350. The molecule has 0 spiro atoms. The molecule has 1 aliphatic heterocycles. The topological polar surface area (TPSA) is 83.6 Å². The van der Waals surface area contributed by atoms with Crippen molar-refractivity contribution in [2.45, 2.75) is 12.6 Å². The molecule has 31 heavy (non-hydrogen) atoms. The Bertz CT molecular complexity index is 954. The van der Waals surface area contributed by atoms with E-state index in [1.165, 1.54) is 0 Å². The van der Waals surface area contributed by atoms with Crippen molar-refractivity contribution < 1.29 is 27.5 Å². The summed E-state index contributed by atoms with van der Waals surface area (Å²) >= 11 is 5.83. The second-order valence-electron chi connectivity index (χ2n) is 6.87. The van der Waals surface area contributed by atoms with Gasteiger partial charge >= 0.3 is 6.18 Å². The molecule has 2 amide bonds. The lowest BCUT2D eigenvalue weighted by Gasteiger charge is -2.17. The Balaban J connectivity index is 1.47. The maximum Gasteiger partial charge on any atom is 0.417 e. The van der Waals surface area contributed by atoms with Gasteiger partial charge in [0.1, 0.15) is 11.6 Å². The monoisotopic (exact) mass is 456 g/mol. The van der Waals surface area contributed by atoms with E-state index < -0.39 is 17.7 Å². The summed E-state index contributed by atoms with van der Waals surface area (Å²) in [6.45, 7) is 0.647. The van der Waals surface area contributed by atoms with Gasteiger partial charge in [-0.1, -0.05) is 11.6 Å². The fourth-order valence-corrected chi connectivity index (χ4v) is 3.36. The Morgan fingerprint density at radius 1 is 1.29 bits per heavy atom. The number of anilines is 2. The molecule has 0 unspecified atom stereocenters. The first-order chi connectivity index (χ1) is 14.7. The van der Waals surface area contributed by atoms with Gasteiger partial charge in [0, 0.05) is 37.9 Å². The van der Waals surface area contributed by atoms with E-state index in [-0.39, 0.29) is 48.7 Å². The first-order valence-corrected chi connectivity index (χ1v) is 9.75. The summed E-state index contributed by atoms with van der Waals surface area (Å²) in [5.41, 5.74) is -0.255. The van der Waals surface area contributed by atoms with Gasteiger partial charge in [0.25, 0.3) is 0 Å². The number of ether oxygens (including phenoxy) is 1. The Labute approximate surface area is 181 Å². The van der Waals surface area contributed by atoms with Crippen LogP contribution in [0.25, 0.3) is 0 Å². The van der Waals surface area contributed by atoms with E-state index in [4.69, 9.17) is 16.3 Å². The first-order valence-electron chi connectivity index (χ1n) is 9.38. The van der Waals surface area contributed by atoms with E-state index in [0.29, 0.717) is 17.6 Å². The van der Waals surface area contributed by atoms with Gasteiger partial charge in [-0.3, -0.25) is 9.59 Å². The average Bonchev–Trinajstić information content (AvgIpc) is 3.13. The van der Waals surface area contributed by atoms with Crippen molar-refractivity contribution in [3.8, 4) is 5.75 Å². The minimum atomic E-state index is -4.53. The number of carbonyl (C=O) groups is 2. The third-order valence-electron chi connectivity index (χ3n) is 4.77. The molecule has 2 heterocycles. The molecule has 1 aliphatic rings. The highest BCUT2D eigenvalue weighted by Crippen LogP contribution is 2.32. The van der Waals surface area contributed by atoms with Crippen molar-refractivity contribution in [1.29, 1.82) is 0 Å². The van der Waals surface area contributed by atoms with Crippen LogP contribution in [0.3, 0.4) is 0 Å². The molecule has 0 aliphatic carbocycles. The molecular formula is C20H20ClF3N4O3. The third-order valence-corrected chi connectivity index (χ3v) is 5.05. The van der Waals surface area contributed by atoms with Crippen LogP contribution in [-0.2, 0) is 15.8 Å². The van der Waals surface area contributed by atoms with Crippen molar-refractivity contribution in [3.63, 3.8) is 0 Å². The Hall–Kier alpha value is -3.01. The Morgan fingerprint density at radius 2 is 2.00 bits per heavy atom. The summed E-state index contributed by atoms with van der Waals surface area (Å²) in [6.07, 6.45) is -3.75. The molecule has 0 radical (unpaired) electrons. The van der Waals surface area contributed by atoms with Crippen LogP contribution in [0, 0.1) is 5.92 Å². The van der Waals surface area contributed by atoms with E-state index in [1.807, 2.05) is 0 Å². The highest BCUT2D eigenvalue weighted by atomic mass is 35.5. The van der Waals surface area contributed by atoms with Gasteiger partial charge in [0.15, 0.2) is 0 Å². The molecule has 11 heteroatoms. The maximum atomic E-state index is 12.6. The van der Waals surface area contributed by atoms with E-state index in [9.17, 15) is 22.8 Å². The predicted octanol–water partition coefficient (Wildman–Crippen LogP) is 3.34. The molecule has 7 nitrogen and oxygen atoms in total. The van der Waals surface area contributed by atoms with Gasteiger partial charge in [-0.25, -0.2) is 4.98 Å². The third kappa shape index (κ3) is 5.57. The van der Waals surface area contributed by atoms with E-state index >= 15 is 0 Å². The van der Waals surface area contributed by atoms with Gasteiger partial charge < -0.3 is 20.3 Å². The van der Waals surface area contributed by atoms with Gasteiger partial charge in [0.2, 0.25) is 11.8 Å². The number of rotatable bonds is 7. The molecule has 0 saturated carbocycles. The van der Waals surface area contributed by atoms with Gasteiger partial charge in [-0.2, -0.15) is 13.2 Å². The number of amides is 2. The normalized spacial score (nSPS) is 16.4. The molecule has 1 fully saturated rings. The lowest BCUT2D eigenvalue weighted by molar-refractivity contribution is -0.137. The number of carbonyl (C=O) groups excluding carboxylic acids is 2. The van der Waals surface area contributed by atoms with Crippen LogP contribution in [-0.4, -0.2) is 43.5 Å². The van der Waals surface area contributed by atoms with Crippen LogP contribution in [0.15, 0.2) is 36.5 Å². The minimum absolute atomic E-state index is 0.0886. The number of methoxy groups -OCH3 is 1. The summed E-state index contributed by atoms with van der Waals surface area (Å²) in [4.78, 5) is 29.9. The zero-order chi connectivity index (χ0) is 22.6. The van der Waals surface area contributed by atoms with Crippen LogP contribution in [0.5, 0.6) is 5.75 Å². The second kappa shape index (κ2) is 9.42. The number of alkyl halides is 3. The molecule has 2 aromatic rings. The van der Waals surface area contributed by atoms with Gasteiger partial charge in [-0.15, -0.1) is 0 Å². The Morgan fingerprint density at radius 3 is 2.61 bits per heavy atom. The largest absolute Gasteiger partial charge is 0.497 e. The van der Waals surface area contributed by atoms with Crippen LogP contribution in [0.1, 0.15) is 12.0 Å². The summed E-state index contributed by atoms with van der Waals surface area (Å²) < 4.78 is 43.0. The average molecular weight is 457 g/mol. The number of nitrogens with zero attached hydrogens (tertiary/aromatic N) is 2. The van der Waals surface area contributed by atoms with Crippen molar-refractivity contribution >= 4 is 34.9 Å². The molecule has 2 N–H and O–H groups in total. The molecular weight excluding hydrogens is 437 g/mol. The van der Waals surface area contributed by atoms with E-state index in [1.54, 1.807) is 36.3 Å². The molecule has 1 aromatic heterocycles. The zero-order valence-corrected chi connectivity index (χ0v) is 17.3. The quantitative estimate of drug-likeness (QED) is 0.624. The summed E-state index contributed by atoms with van der Waals surface area (Å²) in [5, 5.41) is 5.32. The molecule has 0 bridgehead atoms. The van der Waals surface area contributed by atoms with Crippen molar-refractivity contribution in [1.82, 2.24) is 10.3 Å². The van der Waals surface area contributed by atoms with E-state index in [2.05, 4.69) is 15.6 Å². The number of pyridine rings is 1. The molecule has 1 aromatic carbocycles. The first kappa shape index (κ1) is 22.7. The molecule has 3 rings (SSSR count). The van der Waals surface area contributed by atoms with Crippen LogP contribution >= 0.6 is 11.6 Å². The lowest BCUT2D eigenvalue weighted by atomic mass is 10.1. The Kier molecular flexibility index (Phi) is 6.89. The highest BCUT2D eigenvalue weighted by molar-refractivity contribution is 6.32. The smallest absolute Gasteiger partial charge is 0.417 e. The highest BCUT2D eigenvalue weighted by Gasteiger charge is 2.35. The predicted molar refractivity (Wildman–Crippen MR) is 109 cm³/mol. The molecule has 166 valence electrons. The number of halogens is 4. The summed E-state index contributed by atoms with van der Waals surface area (Å²) in [7, 11) is 1.55. The molecule has 1 saturated heterocycles. The lowest BCUT2D eigenvalue weighted by Crippen LogP contribution is -2.35. The number of benzene rings is 1. The SMILES string of the molecule is COc1ccc(N2C[C@H](C(=O)NCCNc3ncc(C(F)(F)F)cc3Cl)CC2=O)cc1. The number of hydrogen-bond acceptors (Lipinski definition) is 5. The standard InChI is InChI=1S/C20H20ClF3N4O3/c1-31-15-4-2-14(3-5-15)28-11-12(8-17(28)29)19(30)26-7-6-25-18-16(21)9-13(10-27-18)20(22,23)24/h2-5,9-10,12H,6-8,11H2,1H3,(H,25,27)(H,26,30)/t12-/m1/s1. The second-order valence-corrected chi connectivity index (χ2v) is 7.28. The van der Waals surface area contributed by atoms with Crippen molar-refractivity contribution in [2.24, 2.45) is 5.92 Å². The number of nitrogens with one attached hydrogen (secondary N) is 2. The summed E-state index contributed by atoms with van der Waals surface area (Å²) in [6, 6.07) is 7.76. The van der Waals surface area contributed by atoms with E-state index in [0.717, 1.165) is 6.07 Å². The van der Waals surface area contributed by atoms with Crippen molar-refractivity contribution in [2.75, 3.05) is 37.0 Å². The minimum Gasteiger partial charge on any atom is -0.497 e. The van der Waals surface area contributed by atoms with Gasteiger partial charge in [-0.05, 0) is 30.3 Å². The van der Waals surface area contributed by atoms with Crippen molar-refractivity contribution in [3.05, 3.63) is 47.1 Å². The molecule has 1 atom stereocenters. The number of hydrogen-bond donors (Lipinski definition) is 2. The zero-order valence-electron chi connectivity index (χ0n) is 16.5.